The number of furan rings is 1. The lowest BCUT2D eigenvalue weighted by molar-refractivity contribution is 0.555. The number of nitrogens with one attached hydrogen (secondary N) is 1. The van der Waals surface area contributed by atoms with Gasteiger partial charge in [0.15, 0.2) is 0 Å². The van der Waals surface area contributed by atoms with E-state index in [2.05, 4.69) is 23.3 Å². The Morgan fingerprint density at radius 1 is 1.44 bits per heavy atom. The Balaban J connectivity index is 2.41. The van der Waals surface area contributed by atoms with Crippen LogP contribution in [0.5, 0.6) is 0 Å². The number of aryl methyl sites for hydroxylation is 1. The van der Waals surface area contributed by atoms with Crippen molar-refractivity contribution in [1.82, 2.24) is 10.3 Å². The molecular weight excluding hydrogens is 200 g/mol. The first-order chi connectivity index (χ1) is 7.86. The SMILES string of the molecule is CCc1cccnc1C(NC)c1ccoc1. The van der Waals surface area contributed by atoms with E-state index >= 15 is 0 Å². The van der Waals surface area contributed by atoms with Gasteiger partial charge in [0.2, 0.25) is 0 Å². The van der Waals surface area contributed by atoms with Crippen molar-refractivity contribution in [1.29, 1.82) is 0 Å². The van der Waals surface area contributed by atoms with Gasteiger partial charge in [-0.15, -0.1) is 0 Å². The smallest absolute Gasteiger partial charge is 0.0954 e. The Kier molecular flexibility index (Phi) is 3.37. The van der Waals surface area contributed by atoms with Crippen LogP contribution in [0.1, 0.15) is 29.8 Å². The van der Waals surface area contributed by atoms with E-state index in [4.69, 9.17) is 4.42 Å². The summed E-state index contributed by atoms with van der Waals surface area (Å²) in [5.74, 6) is 0. The van der Waals surface area contributed by atoms with Gasteiger partial charge < -0.3 is 9.73 Å². The quantitative estimate of drug-likeness (QED) is 0.853. The molecule has 1 unspecified atom stereocenters. The maximum Gasteiger partial charge on any atom is 0.0954 e. The maximum atomic E-state index is 5.12. The minimum atomic E-state index is 0.106. The number of nitrogens with zero attached hydrogens (tertiary/aromatic N) is 1. The molecule has 0 aromatic carbocycles. The molecule has 2 heterocycles. The van der Waals surface area contributed by atoms with Gasteiger partial charge in [-0.25, -0.2) is 0 Å². The number of hydrogen-bond donors (Lipinski definition) is 1. The van der Waals surface area contributed by atoms with Crippen LogP contribution in [0.3, 0.4) is 0 Å². The summed E-state index contributed by atoms with van der Waals surface area (Å²) in [5, 5.41) is 3.27. The zero-order valence-corrected chi connectivity index (χ0v) is 9.60. The van der Waals surface area contributed by atoms with Crippen LogP contribution >= 0.6 is 0 Å². The van der Waals surface area contributed by atoms with Gasteiger partial charge in [0, 0.05) is 11.8 Å². The van der Waals surface area contributed by atoms with Gasteiger partial charge >= 0.3 is 0 Å². The van der Waals surface area contributed by atoms with E-state index in [0.29, 0.717) is 0 Å². The van der Waals surface area contributed by atoms with Crippen molar-refractivity contribution in [3.05, 3.63) is 53.7 Å². The molecule has 0 aliphatic rings. The fraction of sp³-hybridized carbons (Fsp3) is 0.308. The van der Waals surface area contributed by atoms with E-state index < -0.39 is 0 Å². The highest BCUT2D eigenvalue weighted by Gasteiger charge is 2.16. The lowest BCUT2D eigenvalue weighted by atomic mass is 10.0. The predicted octanol–water partition coefficient (Wildman–Crippen LogP) is 2.55. The molecule has 0 aliphatic carbocycles. The molecule has 0 saturated heterocycles. The van der Waals surface area contributed by atoms with Crippen LogP contribution in [0, 0.1) is 0 Å². The first kappa shape index (κ1) is 10.9. The monoisotopic (exact) mass is 216 g/mol. The molecule has 3 nitrogen and oxygen atoms in total. The summed E-state index contributed by atoms with van der Waals surface area (Å²) in [6, 6.07) is 6.17. The zero-order valence-electron chi connectivity index (χ0n) is 9.60. The summed E-state index contributed by atoms with van der Waals surface area (Å²) in [6.07, 6.45) is 6.27. The van der Waals surface area contributed by atoms with Crippen LogP contribution in [0.2, 0.25) is 0 Å². The maximum absolute atomic E-state index is 5.12. The van der Waals surface area contributed by atoms with Crippen molar-refractivity contribution in [2.24, 2.45) is 0 Å². The third-order valence-corrected chi connectivity index (χ3v) is 2.75. The van der Waals surface area contributed by atoms with Crippen LogP contribution < -0.4 is 5.32 Å². The van der Waals surface area contributed by atoms with Crippen molar-refractivity contribution in [2.75, 3.05) is 7.05 Å². The molecule has 1 atom stereocenters. The normalized spacial score (nSPS) is 12.6. The van der Waals surface area contributed by atoms with E-state index in [1.165, 1.54) is 5.56 Å². The Bertz CT molecular complexity index is 437. The van der Waals surface area contributed by atoms with Crippen LogP contribution in [0.15, 0.2) is 41.3 Å². The Morgan fingerprint density at radius 3 is 2.94 bits per heavy atom. The second-order valence-electron chi connectivity index (χ2n) is 3.68. The highest BCUT2D eigenvalue weighted by Crippen LogP contribution is 2.23. The van der Waals surface area contributed by atoms with Gasteiger partial charge in [-0.3, -0.25) is 4.98 Å². The fourth-order valence-electron chi connectivity index (χ4n) is 1.91. The van der Waals surface area contributed by atoms with Crippen molar-refractivity contribution in [3.63, 3.8) is 0 Å². The molecule has 16 heavy (non-hydrogen) atoms. The summed E-state index contributed by atoms with van der Waals surface area (Å²) in [5.41, 5.74) is 3.45. The van der Waals surface area contributed by atoms with Gasteiger partial charge in [-0.05, 0) is 31.2 Å². The van der Waals surface area contributed by atoms with E-state index in [-0.39, 0.29) is 6.04 Å². The summed E-state index contributed by atoms with van der Waals surface area (Å²) < 4.78 is 5.12. The molecule has 0 bridgehead atoms. The third kappa shape index (κ3) is 1.99. The van der Waals surface area contributed by atoms with Gasteiger partial charge in [-0.2, -0.15) is 0 Å². The van der Waals surface area contributed by atoms with E-state index in [1.54, 1.807) is 12.5 Å². The first-order valence-corrected chi connectivity index (χ1v) is 5.50. The summed E-state index contributed by atoms with van der Waals surface area (Å²) in [4.78, 5) is 4.47. The molecule has 3 heteroatoms. The molecular formula is C13H16N2O. The number of aromatic nitrogens is 1. The number of hydrogen-bond acceptors (Lipinski definition) is 3. The molecule has 0 fully saturated rings. The molecule has 84 valence electrons. The predicted molar refractivity (Wildman–Crippen MR) is 63.2 cm³/mol. The minimum Gasteiger partial charge on any atom is -0.472 e. The molecule has 2 rings (SSSR count). The zero-order chi connectivity index (χ0) is 11.4. The van der Waals surface area contributed by atoms with E-state index in [1.807, 2.05) is 25.4 Å². The number of pyridine rings is 1. The van der Waals surface area contributed by atoms with Gasteiger partial charge in [-0.1, -0.05) is 13.0 Å². The Hall–Kier alpha value is -1.61. The Labute approximate surface area is 95.5 Å². The van der Waals surface area contributed by atoms with Crippen LogP contribution in [-0.2, 0) is 6.42 Å². The molecule has 0 spiro atoms. The highest BCUT2D eigenvalue weighted by atomic mass is 16.3. The summed E-state index contributed by atoms with van der Waals surface area (Å²) >= 11 is 0. The highest BCUT2D eigenvalue weighted by molar-refractivity contribution is 5.30. The second-order valence-corrected chi connectivity index (χ2v) is 3.68. The molecule has 0 saturated carbocycles. The number of rotatable bonds is 4. The lowest BCUT2D eigenvalue weighted by Gasteiger charge is -2.16. The summed E-state index contributed by atoms with van der Waals surface area (Å²) in [7, 11) is 1.94. The van der Waals surface area contributed by atoms with E-state index in [9.17, 15) is 0 Å². The van der Waals surface area contributed by atoms with Crippen LogP contribution in [0.25, 0.3) is 0 Å². The average molecular weight is 216 g/mol. The molecule has 1 N–H and O–H groups in total. The molecule has 2 aromatic rings. The van der Waals surface area contributed by atoms with E-state index in [0.717, 1.165) is 17.7 Å². The van der Waals surface area contributed by atoms with Gasteiger partial charge in [0.25, 0.3) is 0 Å². The topological polar surface area (TPSA) is 38.1 Å². The van der Waals surface area contributed by atoms with Crippen molar-refractivity contribution in [3.8, 4) is 0 Å². The molecule has 2 aromatic heterocycles. The lowest BCUT2D eigenvalue weighted by Crippen LogP contribution is -2.19. The largest absolute Gasteiger partial charge is 0.472 e. The summed E-state index contributed by atoms with van der Waals surface area (Å²) in [6.45, 7) is 2.14. The van der Waals surface area contributed by atoms with Gasteiger partial charge in [0.1, 0.15) is 0 Å². The van der Waals surface area contributed by atoms with Crippen molar-refractivity contribution < 1.29 is 4.42 Å². The Morgan fingerprint density at radius 2 is 2.31 bits per heavy atom. The minimum absolute atomic E-state index is 0.106. The average Bonchev–Trinajstić information content (AvgIpc) is 2.84. The van der Waals surface area contributed by atoms with Crippen LogP contribution in [0.4, 0.5) is 0 Å². The standard InChI is InChI=1S/C13H16N2O/c1-3-10-5-4-7-15-13(10)12(14-2)11-6-8-16-9-11/h4-9,12,14H,3H2,1-2H3. The molecule has 0 amide bonds. The molecule has 0 radical (unpaired) electrons. The van der Waals surface area contributed by atoms with Gasteiger partial charge in [0.05, 0.1) is 24.3 Å². The second kappa shape index (κ2) is 4.94. The first-order valence-electron chi connectivity index (χ1n) is 5.50. The van der Waals surface area contributed by atoms with Crippen LogP contribution in [-0.4, -0.2) is 12.0 Å². The third-order valence-electron chi connectivity index (χ3n) is 2.75. The fourth-order valence-corrected chi connectivity index (χ4v) is 1.91. The van der Waals surface area contributed by atoms with Crippen molar-refractivity contribution >= 4 is 0 Å². The molecule has 0 aliphatic heterocycles. The van der Waals surface area contributed by atoms with Crippen molar-refractivity contribution in [2.45, 2.75) is 19.4 Å².